The van der Waals surface area contributed by atoms with E-state index in [1.54, 1.807) is 30.7 Å². The highest BCUT2D eigenvalue weighted by molar-refractivity contribution is 5.92. The van der Waals surface area contributed by atoms with Crippen LogP contribution < -0.4 is 5.32 Å². The van der Waals surface area contributed by atoms with Gasteiger partial charge in [0.05, 0.1) is 12.2 Å². The molecule has 0 radical (unpaired) electrons. The van der Waals surface area contributed by atoms with Crippen molar-refractivity contribution >= 4 is 12.1 Å². The minimum absolute atomic E-state index is 0.166. The Bertz CT molecular complexity index is 690. The topological polar surface area (TPSA) is 80.4 Å². The molecule has 0 spiro atoms. The molecule has 2 rings (SSSR count). The zero-order valence-electron chi connectivity index (χ0n) is 13.3. The van der Waals surface area contributed by atoms with Crippen molar-refractivity contribution in [3.63, 3.8) is 0 Å². The van der Waals surface area contributed by atoms with Crippen molar-refractivity contribution in [3.05, 3.63) is 48.1 Å². The summed E-state index contributed by atoms with van der Waals surface area (Å²) in [5.74, 6) is -0.152. The predicted molar refractivity (Wildman–Crippen MR) is 89.2 cm³/mol. The Balaban J connectivity index is 2.00. The number of hydrogen-bond acceptors (Lipinski definition) is 5. The number of aromatic nitrogens is 2. The first-order valence-electron chi connectivity index (χ1n) is 7.57. The number of nitrogens with one attached hydrogen (secondary N) is 1. The highest BCUT2D eigenvalue weighted by Gasteiger charge is 2.14. The number of rotatable bonds is 7. The number of unbranched alkanes of at least 4 members (excludes halogenated alkanes) is 1. The van der Waals surface area contributed by atoms with Crippen molar-refractivity contribution in [1.82, 2.24) is 15.5 Å². The van der Waals surface area contributed by atoms with E-state index in [2.05, 4.69) is 27.4 Å². The Morgan fingerprint density at radius 2 is 2.35 bits per heavy atom. The second-order valence-corrected chi connectivity index (χ2v) is 4.87. The van der Waals surface area contributed by atoms with Gasteiger partial charge in [-0.1, -0.05) is 24.6 Å². The summed E-state index contributed by atoms with van der Waals surface area (Å²) in [6.07, 6.45) is 9.03. The molecule has 0 saturated carbocycles. The third kappa shape index (κ3) is 4.88. The number of allylic oxidation sites excluding steroid dienone is 1. The third-order valence-corrected chi connectivity index (χ3v) is 3.08. The van der Waals surface area contributed by atoms with Crippen molar-refractivity contribution in [2.24, 2.45) is 4.99 Å². The molecule has 0 aromatic carbocycles. The Morgan fingerprint density at radius 3 is 3.04 bits per heavy atom. The van der Waals surface area contributed by atoms with E-state index in [1.807, 2.05) is 19.1 Å². The van der Waals surface area contributed by atoms with Gasteiger partial charge in [-0.25, -0.2) is 0 Å². The summed E-state index contributed by atoms with van der Waals surface area (Å²) in [7, 11) is 0. The number of pyridine rings is 1. The lowest BCUT2D eigenvalue weighted by atomic mass is 10.2. The molecule has 1 N–H and O–H groups in total. The maximum absolute atomic E-state index is 12.1. The summed E-state index contributed by atoms with van der Waals surface area (Å²) in [6.45, 7) is 4.29. The molecule has 0 bridgehead atoms. The van der Waals surface area contributed by atoms with Crippen molar-refractivity contribution in [3.8, 4) is 11.3 Å². The monoisotopic (exact) mass is 312 g/mol. The quantitative estimate of drug-likeness (QED) is 0.796. The van der Waals surface area contributed by atoms with Crippen LogP contribution in [0.4, 0.5) is 0 Å². The molecule has 0 aliphatic carbocycles. The Morgan fingerprint density at radius 1 is 1.48 bits per heavy atom. The van der Waals surface area contributed by atoms with Gasteiger partial charge in [-0.3, -0.25) is 14.8 Å². The first-order valence-corrected chi connectivity index (χ1v) is 7.57. The fourth-order valence-corrected chi connectivity index (χ4v) is 1.94. The van der Waals surface area contributed by atoms with E-state index >= 15 is 0 Å². The Hall–Kier alpha value is -2.76. The lowest BCUT2D eigenvalue weighted by molar-refractivity contribution is 0.0920. The number of hydrogen-bond donors (Lipinski definition) is 1. The van der Waals surface area contributed by atoms with Crippen molar-refractivity contribution in [2.75, 3.05) is 6.54 Å². The second kappa shape index (κ2) is 8.63. The van der Waals surface area contributed by atoms with Crippen molar-refractivity contribution in [1.29, 1.82) is 0 Å². The fourth-order valence-electron chi connectivity index (χ4n) is 1.94. The average Bonchev–Trinajstić information content (AvgIpc) is 3.08. The molecule has 0 aliphatic rings. The van der Waals surface area contributed by atoms with Crippen molar-refractivity contribution in [2.45, 2.75) is 26.7 Å². The van der Waals surface area contributed by atoms with Gasteiger partial charge in [0.15, 0.2) is 0 Å². The van der Waals surface area contributed by atoms with E-state index in [0.717, 1.165) is 24.1 Å². The lowest BCUT2D eigenvalue weighted by Gasteiger charge is -2.03. The van der Waals surface area contributed by atoms with Crippen LogP contribution in [0, 0.1) is 0 Å². The fraction of sp³-hybridized carbons (Fsp3) is 0.294. The number of amides is 1. The maximum Gasteiger partial charge on any atom is 0.290 e. The number of carbonyl (C=O) groups is 1. The van der Waals surface area contributed by atoms with Crippen LogP contribution in [0.2, 0.25) is 0 Å². The minimum Gasteiger partial charge on any atom is -0.350 e. The Labute approximate surface area is 135 Å². The lowest BCUT2D eigenvalue weighted by Crippen LogP contribution is -2.24. The van der Waals surface area contributed by atoms with Gasteiger partial charge >= 0.3 is 0 Å². The van der Waals surface area contributed by atoms with Crippen molar-refractivity contribution < 1.29 is 9.32 Å². The van der Waals surface area contributed by atoms with E-state index in [9.17, 15) is 4.79 Å². The van der Waals surface area contributed by atoms with Crippen LogP contribution in [0.3, 0.4) is 0 Å². The zero-order valence-corrected chi connectivity index (χ0v) is 13.3. The van der Waals surface area contributed by atoms with E-state index in [4.69, 9.17) is 4.52 Å². The van der Waals surface area contributed by atoms with E-state index in [0.29, 0.717) is 12.2 Å². The molecule has 1 amide bonds. The molecule has 6 heteroatoms. The summed E-state index contributed by atoms with van der Waals surface area (Å²) in [6, 6.07) is 5.26. The standard InChI is InChI=1S/C17H20N4O2/c1-3-5-8-14(19-4-2)12-20-17(22)16-10-15(21-23-16)13-7-6-9-18-11-13/h4,6-11H,3,5,12H2,1-2H3,(H,20,22)/b14-8-,19-4?. The number of nitrogens with zero attached hydrogens (tertiary/aromatic N) is 3. The smallest absolute Gasteiger partial charge is 0.290 e. The maximum atomic E-state index is 12.1. The number of aliphatic imine (C=N–C) groups is 1. The summed E-state index contributed by atoms with van der Waals surface area (Å²) < 4.78 is 5.11. The van der Waals surface area contributed by atoms with Crippen LogP contribution in [0.1, 0.15) is 37.2 Å². The normalized spacial score (nSPS) is 11.8. The van der Waals surface area contributed by atoms with Gasteiger partial charge in [0.25, 0.3) is 5.91 Å². The van der Waals surface area contributed by atoms with Gasteiger partial charge in [0, 0.05) is 30.2 Å². The zero-order chi connectivity index (χ0) is 16.5. The molecule has 0 saturated heterocycles. The minimum atomic E-state index is -0.318. The molecule has 0 fully saturated rings. The molecule has 0 aliphatic heterocycles. The third-order valence-electron chi connectivity index (χ3n) is 3.08. The largest absolute Gasteiger partial charge is 0.350 e. The van der Waals surface area contributed by atoms with Crippen LogP contribution in [0.25, 0.3) is 11.3 Å². The van der Waals surface area contributed by atoms with Crippen LogP contribution in [0.15, 0.2) is 51.9 Å². The summed E-state index contributed by atoms with van der Waals surface area (Å²) in [5, 5.41) is 6.69. The molecule has 6 nitrogen and oxygen atoms in total. The van der Waals surface area contributed by atoms with Gasteiger partial charge in [-0.05, 0) is 25.5 Å². The van der Waals surface area contributed by atoms with Gasteiger partial charge in [-0.15, -0.1) is 0 Å². The molecule has 23 heavy (non-hydrogen) atoms. The summed E-state index contributed by atoms with van der Waals surface area (Å²) in [5.41, 5.74) is 2.21. The van der Waals surface area contributed by atoms with E-state index < -0.39 is 0 Å². The SMILES string of the molecule is CC=N/C(=C\CCC)CNC(=O)c1cc(-c2cccnc2)no1. The average molecular weight is 312 g/mol. The molecular formula is C17H20N4O2. The molecule has 120 valence electrons. The van der Waals surface area contributed by atoms with Crippen LogP contribution >= 0.6 is 0 Å². The van der Waals surface area contributed by atoms with Crippen LogP contribution in [0.5, 0.6) is 0 Å². The second-order valence-electron chi connectivity index (χ2n) is 4.87. The number of carbonyl (C=O) groups excluding carboxylic acids is 1. The molecule has 2 aromatic heterocycles. The van der Waals surface area contributed by atoms with Gasteiger partial charge < -0.3 is 9.84 Å². The highest BCUT2D eigenvalue weighted by atomic mass is 16.5. The Kier molecular flexibility index (Phi) is 6.23. The molecule has 2 aromatic rings. The summed E-state index contributed by atoms with van der Waals surface area (Å²) in [4.78, 5) is 20.4. The molecular weight excluding hydrogens is 292 g/mol. The van der Waals surface area contributed by atoms with E-state index in [-0.39, 0.29) is 11.7 Å². The van der Waals surface area contributed by atoms with Gasteiger partial charge in [-0.2, -0.15) is 0 Å². The molecule has 0 unspecified atom stereocenters. The van der Waals surface area contributed by atoms with Gasteiger partial charge in [0.1, 0.15) is 5.69 Å². The summed E-state index contributed by atoms with van der Waals surface area (Å²) >= 11 is 0. The van der Waals surface area contributed by atoms with Crippen LogP contribution in [-0.4, -0.2) is 28.8 Å². The predicted octanol–water partition coefficient (Wildman–Crippen LogP) is 3.24. The van der Waals surface area contributed by atoms with Crippen LogP contribution in [-0.2, 0) is 0 Å². The first-order chi connectivity index (χ1) is 11.2. The highest BCUT2D eigenvalue weighted by Crippen LogP contribution is 2.17. The molecule has 0 atom stereocenters. The van der Waals surface area contributed by atoms with E-state index in [1.165, 1.54) is 0 Å². The van der Waals surface area contributed by atoms with Gasteiger partial charge in [0.2, 0.25) is 5.76 Å². The first kappa shape index (κ1) is 16.6. The molecule has 2 heterocycles.